The van der Waals surface area contributed by atoms with Crippen molar-refractivity contribution in [3.05, 3.63) is 61.3 Å². The Balaban J connectivity index is 2.59. The number of halogens is 6. The van der Waals surface area contributed by atoms with Crippen LogP contribution in [0.25, 0.3) is 0 Å². The van der Waals surface area contributed by atoms with Crippen LogP contribution >= 0.6 is 27.5 Å². The number of hydrogen-bond acceptors (Lipinski definition) is 6. The Bertz CT molecular complexity index is 1080. The topological polar surface area (TPSA) is 99.8 Å². The Morgan fingerprint density at radius 3 is 2.53 bits per heavy atom. The van der Waals surface area contributed by atoms with Crippen molar-refractivity contribution in [1.29, 1.82) is 0 Å². The molecule has 2 aromatic carbocycles. The fourth-order valence-electron chi connectivity index (χ4n) is 2.68. The maximum Gasteiger partial charge on any atom is 0.573 e. The number of nitro benzene ring substituents is 1. The molecule has 2 aromatic rings. The monoisotopic (exact) mass is 587 g/mol. The van der Waals surface area contributed by atoms with Crippen molar-refractivity contribution in [2.75, 3.05) is 5.32 Å². The zero-order chi connectivity index (χ0) is 25.8. The molecule has 1 unspecified atom stereocenters. The molecule has 0 aliphatic heterocycles. The van der Waals surface area contributed by atoms with Crippen molar-refractivity contribution >= 4 is 56.5 Å². The molecule has 0 saturated heterocycles. The summed E-state index contributed by atoms with van der Waals surface area (Å²) >= 11 is 7.46. The number of benzene rings is 2. The summed E-state index contributed by atoms with van der Waals surface area (Å²) in [6, 6.07) is 4.15. The van der Waals surface area contributed by atoms with Gasteiger partial charge in [-0.1, -0.05) is 22.1 Å². The molecule has 0 spiro atoms. The Morgan fingerprint density at radius 2 is 1.97 bits per heavy atom. The molecule has 0 radical (unpaired) electrons. The van der Waals surface area contributed by atoms with E-state index < -0.39 is 50.7 Å². The number of nitrogens with zero attached hydrogens (tertiary/aromatic N) is 2. The van der Waals surface area contributed by atoms with Crippen LogP contribution in [0.4, 0.5) is 28.9 Å². The summed E-state index contributed by atoms with van der Waals surface area (Å²) in [5.41, 5.74) is -1.04. The van der Waals surface area contributed by atoms with Crippen molar-refractivity contribution < 1.29 is 31.8 Å². The number of nitro groups is 1. The summed E-state index contributed by atoms with van der Waals surface area (Å²) in [7, 11) is 0. The Labute approximate surface area is 209 Å². The zero-order valence-corrected chi connectivity index (χ0v) is 21.1. The molecular formula is C20H19BrClF4N3O4S. The molecule has 0 amide bonds. The SMILES string of the molecule is CC(C)(C)[S+]([O-])N=CC[C@@H](Nc1cc(Br)c(F)cc1[N+](=O)[O-])c1c(Cl)cccc1OC(F)(F)F. The van der Waals surface area contributed by atoms with Gasteiger partial charge in [0, 0.05) is 17.0 Å². The quantitative estimate of drug-likeness (QED) is 0.116. The second kappa shape index (κ2) is 11.1. The largest absolute Gasteiger partial charge is 0.591 e. The van der Waals surface area contributed by atoms with E-state index in [4.69, 9.17) is 11.6 Å². The van der Waals surface area contributed by atoms with E-state index in [0.717, 1.165) is 12.1 Å². The standard InChI is InChI=1S/C20H19BrClF4N3O4S/c1-19(2,3)34(32)27-8-7-14(18-12(22)5-4-6-17(18)33-20(24,25)26)28-15-9-11(21)13(23)10-16(15)29(30)31/h4-6,8-10,14,28H,7H2,1-3H3/t14-,34?/m1/s1. The van der Waals surface area contributed by atoms with Crippen LogP contribution in [-0.2, 0) is 11.4 Å². The van der Waals surface area contributed by atoms with E-state index in [1.54, 1.807) is 20.8 Å². The second-order valence-electron chi connectivity index (χ2n) is 7.82. The van der Waals surface area contributed by atoms with Crippen molar-refractivity contribution in [3.63, 3.8) is 0 Å². The van der Waals surface area contributed by atoms with E-state index in [-0.39, 0.29) is 27.2 Å². The van der Waals surface area contributed by atoms with E-state index in [1.165, 1.54) is 18.3 Å². The van der Waals surface area contributed by atoms with Crippen LogP contribution in [0.15, 0.2) is 39.2 Å². The lowest BCUT2D eigenvalue weighted by molar-refractivity contribution is -0.384. The van der Waals surface area contributed by atoms with E-state index in [1.807, 2.05) is 0 Å². The first-order valence-electron chi connectivity index (χ1n) is 9.49. The highest BCUT2D eigenvalue weighted by Gasteiger charge is 2.34. The highest BCUT2D eigenvalue weighted by atomic mass is 79.9. The first-order chi connectivity index (χ1) is 15.6. The van der Waals surface area contributed by atoms with Crippen LogP contribution in [0.5, 0.6) is 5.75 Å². The number of hydrogen-bond donors (Lipinski definition) is 1. The van der Waals surface area contributed by atoms with Gasteiger partial charge in [0.15, 0.2) is 0 Å². The maximum atomic E-state index is 13.9. The van der Waals surface area contributed by atoms with Crippen molar-refractivity contribution in [3.8, 4) is 5.75 Å². The smallest absolute Gasteiger partial charge is 0.573 e. The molecule has 34 heavy (non-hydrogen) atoms. The van der Waals surface area contributed by atoms with E-state index in [2.05, 4.69) is 30.4 Å². The van der Waals surface area contributed by atoms with Gasteiger partial charge in [-0.05, 0) is 54.9 Å². The van der Waals surface area contributed by atoms with Gasteiger partial charge in [0.1, 0.15) is 33.4 Å². The summed E-state index contributed by atoms with van der Waals surface area (Å²) in [5, 5.41) is 14.1. The molecule has 0 aromatic heterocycles. The van der Waals surface area contributed by atoms with Gasteiger partial charge < -0.3 is 14.6 Å². The molecule has 0 fully saturated rings. The van der Waals surface area contributed by atoms with Gasteiger partial charge in [-0.15, -0.1) is 13.2 Å². The fraction of sp³-hybridized carbons (Fsp3) is 0.350. The van der Waals surface area contributed by atoms with E-state index in [0.29, 0.717) is 6.07 Å². The predicted molar refractivity (Wildman–Crippen MR) is 126 cm³/mol. The first-order valence-corrected chi connectivity index (χ1v) is 11.8. The van der Waals surface area contributed by atoms with Gasteiger partial charge in [0.25, 0.3) is 5.69 Å². The van der Waals surface area contributed by atoms with Gasteiger partial charge >= 0.3 is 6.36 Å². The zero-order valence-electron chi connectivity index (χ0n) is 18.0. The molecule has 0 aliphatic carbocycles. The summed E-state index contributed by atoms with van der Waals surface area (Å²) < 4.78 is 72.4. The predicted octanol–water partition coefficient (Wildman–Crippen LogP) is 7.12. The molecule has 0 aliphatic rings. The van der Waals surface area contributed by atoms with Gasteiger partial charge in [0.05, 0.1) is 27.7 Å². The van der Waals surface area contributed by atoms with Crippen LogP contribution < -0.4 is 10.1 Å². The third-order valence-corrected chi connectivity index (χ3v) is 6.51. The minimum atomic E-state index is -5.04. The molecule has 0 saturated carbocycles. The lowest BCUT2D eigenvalue weighted by atomic mass is 10.0. The van der Waals surface area contributed by atoms with Crippen LogP contribution in [0, 0.1) is 15.9 Å². The molecule has 186 valence electrons. The lowest BCUT2D eigenvalue weighted by Crippen LogP contribution is -2.26. The minimum Gasteiger partial charge on any atom is -0.591 e. The summed E-state index contributed by atoms with van der Waals surface area (Å²) in [6.07, 6.45) is -4.02. The van der Waals surface area contributed by atoms with Crippen LogP contribution in [0.1, 0.15) is 38.8 Å². The van der Waals surface area contributed by atoms with Gasteiger partial charge in [-0.25, -0.2) is 4.39 Å². The highest BCUT2D eigenvalue weighted by Crippen LogP contribution is 2.40. The normalized spacial score (nSPS) is 14.2. The average Bonchev–Trinajstić information content (AvgIpc) is 2.67. The van der Waals surface area contributed by atoms with Gasteiger partial charge in [-0.3, -0.25) is 10.1 Å². The Kier molecular flexibility index (Phi) is 9.19. The minimum absolute atomic E-state index is 0.118. The highest BCUT2D eigenvalue weighted by molar-refractivity contribution is 9.10. The third kappa shape index (κ3) is 7.72. The van der Waals surface area contributed by atoms with Crippen LogP contribution in [-0.4, -0.2) is 26.8 Å². The number of nitrogens with one attached hydrogen (secondary N) is 1. The number of ether oxygens (including phenoxy) is 1. The van der Waals surface area contributed by atoms with Crippen molar-refractivity contribution in [2.45, 2.75) is 44.3 Å². The number of alkyl halides is 3. The first kappa shape index (κ1) is 28.1. The molecule has 2 rings (SSSR count). The third-order valence-electron chi connectivity index (χ3n) is 4.19. The van der Waals surface area contributed by atoms with Crippen LogP contribution in [0.3, 0.4) is 0 Å². The number of anilines is 1. The maximum absolute atomic E-state index is 13.9. The average molecular weight is 589 g/mol. The second-order valence-corrected chi connectivity index (χ2v) is 11.0. The van der Waals surface area contributed by atoms with E-state index in [9.17, 15) is 32.2 Å². The molecular weight excluding hydrogens is 570 g/mol. The molecule has 7 nitrogen and oxygen atoms in total. The summed E-state index contributed by atoms with van der Waals surface area (Å²) in [4.78, 5) is 10.6. The Hall–Kier alpha value is -2.09. The molecule has 2 atom stereocenters. The fourth-order valence-corrected chi connectivity index (χ4v) is 3.86. The van der Waals surface area contributed by atoms with Crippen molar-refractivity contribution in [1.82, 2.24) is 0 Å². The van der Waals surface area contributed by atoms with E-state index >= 15 is 0 Å². The Morgan fingerprint density at radius 1 is 1.32 bits per heavy atom. The van der Waals surface area contributed by atoms with Crippen molar-refractivity contribution in [2.24, 2.45) is 4.40 Å². The molecule has 0 bridgehead atoms. The molecule has 1 N–H and O–H groups in total. The molecule has 0 heterocycles. The van der Waals surface area contributed by atoms with Gasteiger partial charge in [-0.2, -0.15) is 0 Å². The molecule has 14 heteroatoms. The summed E-state index contributed by atoms with van der Waals surface area (Å²) in [6.45, 7) is 5.04. The lowest BCUT2D eigenvalue weighted by Gasteiger charge is -2.23. The van der Waals surface area contributed by atoms with Gasteiger partial charge in [0.2, 0.25) is 0 Å². The number of rotatable bonds is 8. The van der Waals surface area contributed by atoms with Crippen LogP contribution in [0.2, 0.25) is 5.02 Å². The summed E-state index contributed by atoms with van der Waals surface area (Å²) in [5.74, 6) is -1.55.